The molecule has 0 fully saturated rings. The first-order valence-electron chi connectivity index (χ1n) is 5.97. The summed E-state index contributed by atoms with van der Waals surface area (Å²) in [6, 6.07) is 17.0. The molecule has 0 saturated carbocycles. The molecule has 5 heteroatoms. The molecule has 2 N–H and O–H groups in total. The fourth-order valence-corrected chi connectivity index (χ4v) is 1.58. The summed E-state index contributed by atoms with van der Waals surface area (Å²) in [5.41, 5.74) is 0.514. The molecular weight excluding hydrogens is 258 g/mol. The van der Waals surface area contributed by atoms with Gasteiger partial charge < -0.3 is 15.2 Å². The number of ether oxygens (including phenoxy) is 1. The smallest absolute Gasteiger partial charge is 0.354 e. The lowest BCUT2D eigenvalue weighted by Gasteiger charge is -2.14. The third kappa shape index (κ3) is 3.58. The quantitative estimate of drug-likeness (QED) is 0.817. The molecule has 102 valence electrons. The Morgan fingerprint density at radius 1 is 0.950 bits per heavy atom. The van der Waals surface area contributed by atoms with Gasteiger partial charge in [-0.25, -0.2) is 4.79 Å². The van der Waals surface area contributed by atoms with Crippen LogP contribution in [0.5, 0.6) is 5.75 Å². The number of nitrogens with one attached hydrogen (secondary N) is 1. The normalized spacial score (nSPS) is 11.4. The van der Waals surface area contributed by atoms with Crippen molar-refractivity contribution in [2.45, 2.75) is 6.10 Å². The standard InChI is InChI=1S/C15H13NO4/c17-14(16-11-7-3-1-4-8-11)13(15(18)19)20-12-9-5-2-6-10-12/h1-10,13H,(H,16,17)(H,18,19). The van der Waals surface area contributed by atoms with Gasteiger partial charge >= 0.3 is 5.97 Å². The summed E-state index contributed by atoms with van der Waals surface area (Å²) in [6.45, 7) is 0. The molecule has 2 rings (SSSR count). The Morgan fingerprint density at radius 2 is 1.50 bits per heavy atom. The molecule has 0 radical (unpaired) electrons. The minimum Gasteiger partial charge on any atom is -0.478 e. The average molecular weight is 271 g/mol. The molecule has 5 nitrogen and oxygen atoms in total. The van der Waals surface area contributed by atoms with Crippen molar-refractivity contribution in [3.8, 4) is 5.75 Å². The van der Waals surface area contributed by atoms with Crippen LogP contribution < -0.4 is 10.1 Å². The lowest BCUT2D eigenvalue weighted by atomic mass is 10.2. The van der Waals surface area contributed by atoms with E-state index in [0.717, 1.165) is 0 Å². The molecule has 0 aliphatic rings. The number of hydrogen-bond donors (Lipinski definition) is 2. The zero-order valence-corrected chi connectivity index (χ0v) is 10.5. The zero-order valence-electron chi connectivity index (χ0n) is 10.5. The molecule has 0 saturated heterocycles. The van der Waals surface area contributed by atoms with Crippen LogP contribution in [0.3, 0.4) is 0 Å². The SMILES string of the molecule is O=C(O)C(Oc1ccccc1)C(=O)Nc1ccccc1. The summed E-state index contributed by atoms with van der Waals surface area (Å²) in [6.07, 6.45) is -1.60. The molecule has 1 atom stereocenters. The molecule has 0 heterocycles. The maximum absolute atomic E-state index is 11.9. The van der Waals surface area contributed by atoms with Gasteiger partial charge in [0.1, 0.15) is 5.75 Å². The van der Waals surface area contributed by atoms with Crippen molar-refractivity contribution in [3.63, 3.8) is 0 Å². The molecule has 0 spiro atoms. The van der Waals surface area contributed by atoms with E-state index in [1.54, 1.807) is 60.7 Å². The number of aliphatic carboxylic acids is 1. The summed E-state index contributed by atoms with van der Waals surface area (Å²) in [4.78, 5) is 23.1. The van der Waals surface area contributed by atoms with E-state index in [1.807, 2.05) is 0 Å². The van der Waals surface area contributed by atoms with Crippen molar-refractivity contribution in [2.75, 3.05) is 5.32 Å². The zero-order chi connectivity index (χ0) is 14.4. The number of carboxylic acid groups (broad SMARTS) is 1. The second-order valence-corrected chi connectivity index (χ2v) is 4.00. The fourth-order valence-electron chi connectivity index (χ4n) is 1.58. The Balaban J connectivity index is 2.09. The number of para-hydroxylation sites is 2. The fraction of sp³-hybridized carbons (Fsp3) is 0.0667. The molecule has 0 bridgehead atoms. The van der Waals surface area contributed by atoms with Crippen LogP contribution in [0.25, 0.3) is 0 Å². The molecule has 0 aromatic heterocycles. The van der Waals surface area contributed by atoms with Gasteiger partial charge in [0.2, 0.25) is 0 Å². The van der Waals surface area contributed by atoms with Gasteiger partial charge in [-0.15, -0.1) is 0 Å². The van der Waals surface area contributed by atoms with Crippen LogP contribution in [0, 0.1) is 0 Å². The molecular formula is C15H13NO4. The van der Waals surface area contributed by atoms with Gasteiger partial charge in [0.15, 0.2) is 0 Å². The number of amides is 1. The summed E-state index contributed by atoms with van der Waals surface area (Å²) in [5, 5.41) is 11.6. The van der Waals surface area contributed by atoms with Crippen LogP contribution in [-0.2, 0) is 9.59 Å². The summed E-state index contributed by atoms with van der Waals surface area (Å²) in [7, 11) is 0. The van der Waals surface area contributed by atoms with Gasteiger partial charge in [-0.3, -0.25) is 4.79 Å². The van der Waals surface area contributed by atoms with Crippen molar-refractivity contribution >= 4 is 17.6 Å². The van der Waals surface area contributed by atoms with Gasteiger partial charge in [-0.2, -0.15) is 0 Å². The Bertz CT molecular complexity index is 583. The minimum absolute atomic E-state index is 0.322. The Labute approximate surface area is 115 Å². The van der Waals surface area contributed by atoms with Gasteiger partial charge in [-0.1, -0.05) is 36.4 Å². The number of hydrogen-bond acceptors (Lipinski definition) is 3. The second-order valence-electron chi connectivity index (χ2n) is 4.00. The van der Waals surface area contributed by atoms with Crippen molar-refractivity contribution in [1.82, 2.24) is 0 Å². The first-order valence-corrected chi connectivity index (χ1v) is 5.97. The number of carbonyl (C=O) groups is 2. The Hall–Kier alpha value is -2.82. The van der Waals surface area contributed by atoms with E-state index in [1.165, 1.54) is 0 Å². The highest BCUT2D eigenvalue weighted by Gasteiger charge is 2.28. The molecule has 1 unspecified atom stereocenters. The van der Waals surface area contributed by atoms with E-state index in [2.05, 4.69) is 5.32 Å². The topological polar surface area (TPSA) is 75.6 Å². The molecule has 2 aromatic carbocycles. The number of benzene rings is 2. The number of carboxylic acids is 1. The second kappa shape index (κ2) is 6.38. The van der Waals surface area contributed by atoms with Crippen molar-refractivity contribution in [2.24, 2.45) is 0 Å². The van der Waals surface area contributed by atoms with Crippen LogP contribution in [0.15, 0.2) is 60.7 Å². The lowest BCUT2D eigenvalue weighted by molar-refractivity contribution is -0.149. The molecule has 0 aliphatic carbocycles. The van der Waals surface area contributed by atoms with Crippen LogP contribution in [0.1, 0.15) is 0 Å². The van der Waals surface area contributed by atoms with E-state index in [9.17, 15) is 9.59 Å². The predicted molar refractivity (Wildman–Crippen MR) is 73.6 cm³/mol. The van der Waals surface area contributed by atoms with Gasteiger partial charge in [0.05, 0.1) is 0 Å². The maximum atomic E-state index is 11.9. The highest BCUT2D eigenvalue weighted by molar-refractivity contribution is 6.07. The van der Waals surface area contributed by atoms with Crippen LogP contribution in [-0.4, -0.2) is 23.1 Å². The van der Waals surface area contributed by atoms with Crippen molar-refractivity contribution in [1.29, 1.82) is 0 Å². The van der Waals surface area contributed by atoms with E-state index in [0.29, 0.717) is 11.4 Å². The monoisotopic (exact) mass is 271 g/mol. The minimum atomic E-state index is -1.60. The van der Waals surface area contributed by atoms with E-state index >= 15 is 0 Å². The summed E-state index contributed by atoms with van der Waals surface area (Å²) < 4.78 is 5.20. The van der Waals surface area contributed by atoms with Crippen molar-refractivity contribution in [3.05, 3.63) is 60.7 Å². The van der Waals surface area contributed by atoms with E-state index in [4.69, 9.17) is 9.84 Å². The Kier molecular flexibility index (Phi) is 4.34. The third-order valence-corrected chi connectivity index (χ3v) is 2.50. The van der Waals surface area contributed by atoms with Crippen molar-refractivity contribution < 1.29 is 19.4 Å². The molecule has 0 aliphatic heterocycles. The maximum Gasteiger partial charge on any atom is 0.354 e. The third-order valence-electron chi connectivity index (χ3n) is 2.50. The predicted octanol–water partition coefficient (Wildman–Crippen LogP) is 2.16. The average Bonchev–Trinajstić information content (AvgIpc) is 2.46. The summed E-state index contributed by atoms with van der Waals surface area (Å²) in [5.74, 6) is -1.75. The number of carbonyl (C=O) groups excluding carboxylic acids is 1. The molecule has 1 amide bonds. The summed E-state index contributed by atoms with van der Waals surface area (Å²) >= 11 is 0. The van der Waals surface area contributed by atoms with Gasteiger partial charge in [0.25, 0.3) is 12.0 Å². The lowest BCUT2D eigenvalue weighted by Crippen LogP contribution is -2.39. The highest BCUT2D eigenvalue weighted by atomic mass is 16.5. The van der Waals surface area contributed by atoms with E-state index < -0.39 is 18.0 Å². The Morgan fingerprint density at radius 3 is 2.05 bits per heavy atom. The van der Waals surface area contributed by atoms with Crippen LogP contribution in [0.2, 0.25) is 0 Å². The molecule has 2 aromatic rings. The first kappa shape index (κ1) is 13.6. The van der Waals surface area contributed by atoms with Crippen LogP contribution >= 0.6 is 0 Å². The largest absolute Gasteiger partial charge is 0.478 e. The first-order chi connectivity index (χ1) is 9.66. The molecule has 20 heavy (non-hydrogen) atoms. The van der Waals surface area contributed by atoms with Gasteiger partial charge in [0, 0.05) is 5.69 Å². The number of anilines is 1. The van der Waals surface area contributed by atoms with E-state index in [-0.39, 0.29) is 0 Å². The highest BCUT2D eigenvalue weighted by Crippen LogP contribution is 2.13. The van der Waals surface area contributed by atoms with Gasteiger partial charge in [-0.05, 0) is 24.3 Å². The number of rotatable bonds is 5. The van der Waals surface area contributed by atoms with Crippen LogP contribution in [0.4, 0.5) is 5.69 Å².